The molecule has 0 radical (unpaired) electrons. The summed E-state index contributed by atoms with van der Waals surface area (Å²) < 4.78 is 10.4. The monoisotopic (exact) mass is 235 g/mol. The van der Waals surface area contributed by atoms with Crippen molar-refractivity contribution in [3.8, 4) is 0 Å². The molecule has 1 aromatic rings. The van der Waals surface area contributed by atoms with Crippen LogP contribution in [0.4, 0.5) is 10.5 Å². The highest BCUT2D eigenvalue weighted by Crippen LogP contribution is 2.34. The second kappa shape index (κ2) is 4.37. The Morgan fingerprint density at radius 3 is 2.65 bits per heavy atom. The quantitative estimate of drug-likeness (QED) is 0.801. The van der Waals surface area contributed by atoms with E-state index in [1.807, 2.05) is 45.0 Å². The number of para-hydroxylation sites is 1. The number of ether oxygens (including phenoxy) is 2. The zero-order valence-electron chi connectivity index (χ0n) is 10.3. The summed E-state index contributed by atoms with van der Waals surface area (Å²) in [5.74, 6) is 0. The second-order valence-electron chi connectivity index (χ2n) is 5.04. The van der Waals surface area contributed by atoms with E-state index in [1.54, 1.807) is 0 Å². The molecule has 1 atom stereocenters. The van der Waals surface area contributed by atoms with E-state index in [9.17, 15) is 4.79 Å². The Labute approximate surface area is 101 Å². The highest BCUT2D eigenvalue weighted by atomic mass is 16.6. The van der Waals surface area contributed by atoms with Crippen molar-refractivity contribution in [2.24, 2.45) is 0 Å². The molecule has 1 N–H and O–H groups in total. The topological polar surface area (TPSA) is 50.9 Å². The lowest BCUT2D eigenvalue weighted by Gasteiger charge is -2.20. The van der Waals surface area contributed by atoms with Crippen molar-refractivity contribution in [1.82, 2.24) is 0 Å². The first kappa shape index (κ1) is 11.9. The summed E-state index contributed by atoms with van der Waals surface area (Å²) in [6, 6.07) is 7.60. The molecule has 0 spiro atoms. The largest absolute Gasteiger partial charge is 0.444 e. The van der Waals surface area contributed by atoms with Crippen molar-refractivity contribution in [1.29, 1.82) is 0 Å². The molecule has 1 amide bonds. The van der Waals surface area contributed by atoms with Gasteiger partial charge in [-0.3, -0.25) is 5.32 Å². The Bertz CT molecular complexity index is 419. The predicted molar refractivity (Wildman–Crippen MR) is 65.0 cm³/mol. The minimum Gasteiger partial charge on any atom is -0.444 e. The summed E-state index contributed by atoms with van der Waals surface area (Å²) in [6.07, 6.45) is -0.327. The average molecular weight is 235 g/mol. The molecular weight excluding hydrogens is 218 g/mol. The van der Waals surface area contributed by atoms with Gasteiger partial charge in [-0.25, -0.2) is 4.79 Å². The van der Waals surface area contributed by atoms with Crippen molar-refractivity contribution in [3.05, 3.63) is 29.8 Å². The Hall–Kier alpha value is -1.55. The predicted octanol–water partition coefficient (Wildman–Crippen LogP) is 3.10. The Kier molecular flexibility index (Phi) is 3.07. The van der Waals surface area contributed by atoms with E-state index in [4.69, 9.17) is 9.47 Å². The lowest BCUT2D eigenvalue weighted by Crippen LogP contribution is -2.27. The van der Waals surface area contributed by atoms with E-state index in [0.29, 0.717) is 6.61 Å². The number of anilines is 1. The minimum atomic E-state index is -0.491. The smallest absolute Gasteiger partial charge is 0.412 e. The van der Waals surface area contributed by atoms with Crippen molar-refractivity contribution < 1.29 is 14.3 Å². The average Bonchev–Trinajstić information content (AvgIpc) is 2.98. The number of benzene rings is 1. The van der Waals surface area contributed by atoms with E-state index >= 15 is 0 Å². The van der Waals surface area contributed by atoms with Crippen LogP contribution in [-0.2, 0) is 9.47 Å². The van der Waals surface area contributed by atoms with Gasteiger partial charge in [-0.15, -0.1) is 0 Å². The molecule has 0 aromatic heterocycles. The van der Waals surface area contributed by atoms with Gasteiger partial charge in [-0.1, -0.05) is 18.2 Å². The molecule has 1 fully saturated rings. The maximum absolute atomic E-state index is 11.6. The van der Waals surface area contributed by atoms with E-state index in [-0.39, 0.29) is 6.10 Å². The number of carbonyl (C=O) groups is 1. The van der Waals surface area contributed by atoms with Gasteiger partial charge in [0.1, 0.15) is 11.7 Å². The molecule has 0 bridgehead atoms. The highest BCUT2D eigenvalue weighted by Gasteiger charge is 2.28. The Balaban J connectivity index is 2.05. The Morgan fingerprint density at radius 1 is 1.41 bits per heavy atom. The van der Waals surface area contributed by atoms with E-state index in [1.165, 1.54) is 0 Å². The molecular formula is C13H17NO3. The van der Waals surface area contributed by atoms with Crippen LogP contribution in [0.15, 0.2) is 24.3 Å². The van der Waals surface area contributed by atoms with Gasteiger partial charge >= 0.3 is 6.09 Å². The molecule has 4 heteroatoms. The first-order valence-corrected chi connectivity index (χ1v) is 5.66. The fraction of sp³-hybridized carbons (Fsp3) is 0.462. The fourth-order valence-electron chi connectivity index (χ4n) is 1.53. The molecule has 1 aliphatic heterocycles. The van der Waals surface area contributed by atoms with Crippen molar-refractivity contribution >= 4 is 11.8 Å². The summed E-state index contributed by atoms with van der Waals surface area (Å²) in [4.78, 5) is 11.6. The maximum Gasteiger partial charge on any atom is 0.412 e. The number of rotatable bonds is 2. The fourth-order valence-corrected chi connectivity index (χ4v) is 1.53. The zero-order chi connectivity index (χ0) is 12.5. The van der Waals surface area contributed by atoms with Crippen LogP contribution in [0.25, 0.3) is 0 Å². The minimum absolute atomic E-state index is 0.112. The third kappa shape index (κ3) is 3.46. The molecule has 1 heterocycles. The molecule has 0 aliphatic carbocycles. The van der Waals surface area contributed by atoms with Gasteiger partial charge in [0.05, 0.1) is 6.61 Å². The second-order valence-corrected chi connectivity index (χ2v) is 5.04. The van der Waals surface area contributed by atoms with Gasteiger partial charge in [0, 0.05) is 11.3 Å². The molecule has 1 aliphatic rings. The number of hydrogen-bond donors (Lipinski definition) is 1. The number of carbonyl (C=O) groups excluding carboxylic acids is 1. The van der Waals surface area contributed by atoms with Crippen molar-refractivity contribution in [2.75, 3.05) is 11.9 Å². The molecule has 2 rings (SSSR count). The standard InChI is InChI=1S/C13H17NO3/c1-13(2,3)17-12(15)14-10-7-5-4-6-9(10)11-8-16-11/h4-7,11H,8H2,1-3H3,(H,14,15). The van der Waals surface area contributed by atoms with Crippen LogP contribution in [0.1, 0.15) is 32.4 Å². The third-order valence-corrected chi connectivity index (χ3v) is 2.28. The highest BCUT2D eigenvalue weighted by molar-refractivity contribution is 5.86. The number of nitrogens with one attached hydrogen (secondary N) is 1. The lowest BCUT2D eigenvalue weighted by molar-refractivity contribution is 0.0636. The van der Waals surface area contributed by atoms with E-state index < -0.39 is 11.7 Å². The SMILES string of the molecule is CC(C)(C)OC(=O)Nc1ccccc1C1CO1. The molecule has 0 saturated carbocycles. The summed E-state index contributed by atoms with van der Waals surface area (Å²) in [6.45, 7) is 6.22. The molecule has 17 heavy (non-hydrogen) atoms. The first-order chi connectivity index (χ1) is 7.96. The number of epoxide rings is 1. The van der Waals surface area contributed by atoms with E-state index in [0.717, 1.165) is 11.3 Å². The number of hydrogen-bond acceptors (Lipinski definition) is 3. The summed E-state index contributed by atoms with van der Waals surface area (Å²) >= 11 is 0. The maximum atomic E-state index is 11.6. The van der Waals surface area contributed by atoms with Gasteiger partial charge in [0.25, 0.3) is 0 Å². The van der Waals surface area contributed by atoms with Gasteiger partial charge < -0.3 is 9.47 Å². The summed E-state index contributed by atoms with van der Waals surface area (Å²) in [7, 11) is 0. The van der Waals surface area contributed by atoms with Gasteiger partial charge in [0.2, 0.25) is 0 Å². The summed E-state index contributed by atoms with van der Waals surface area (Å²) in [5.41, 5.74) is 1.26. The molecule has 4 nitrogen and oxygen atoms in total. The van der Waals surface area contributed by atoms with Crippen LogP contribution >= 0.6 is 0 Å². The van der Waals surface area contributed by atoms with Crippen LogP contribution in [-0.4, -0.2) is 18.3 Å². The molecule has 1 saturated heterocycles. The third-order valence-electron chi connectivity index (χ3n) is 2.28. The Morgan fingerprint density at radius 2 is 2.06 bits per heavy atom. The van der Waals surface area contributed by atoms with Crippen molar-refractivity contribution in [2.45, 2.75) is 32.5 Å². The van der Waals surface area contributed by atoms with Crippen molar-refractivity contribution in [3.63, 3.8) is 0 Å². The van der Waals surface area contributed by atoms with Crippen LogP contribution in [0.5, 0.6) is 0 Å². The van der Waals surface area contributed by atoms with Gasteiger partial charge in [-0.2, -0.15) is 0 Å². The van der Waals surface area contributed by atoms with Crippen LogP contribution < -0.4 is 5.32 Å². The number of amides is 1. The molecule has 1 aromatic carbocycles. The molecule has 92 valence electrons. The van der Waals surface area contributed by atoms with E-state index in [2.05, 4.69) is 5.32 Å². The summed E-state index contributed by atoms with van der Waals surface area (Å²) in [5, 5.41) is 2.75. The van der Waals surface area contributed by atoms with Gasteiger partial charge in [-0.05, 0) is 26.8 Å². The molecule has 1 unspecified atom stereocenters. The zero-order valence-corrected chi connectivity index (χ0v) is 10.3. The van der Waals surface area contributed by atoms with Gasteiger partial charge in [0.15, 0.2) is 0 Å². The first-order valence-electron chi connectivity index (χ1n) is 5.66. The lowest BCUT2D eigenvalue weighted by atomic mass is 10.1. The van der Waals surface area contributed by atoms with Crippen LogP contribution in [0, 0.1) is 0 Å². The normalized spacial score (nSPS) is 18.6. The van der Waals surface area contributed by atoms with Crippen LogP contribution in [0.3, 0.4) is 0 Å². The van der Waals surface area contributed by atoms with Crippen LogP contribution in [0.2, 0.25) is 0 Å².